The van der Waals surface area contributed by atoms with Crippen molar-refractivity contribution in [1.29, 1.82) is 0 Å². The molecule has 4 saturated heterocycles. The highest BCUT2D eigenvalue weighted by Crippen LogP contribution is 2.45. The first-order valence-corrected chi connectivity index (χ1v) is 19.4. The maximum atomic E-state index is 17.5. The van der Waals surface area contributed by atoms with Crippen LogP contribution in [0, 0.1) is 5.82 Å². The molecule has 0 aliphatic carbocycles. The molecule has 4 aromatic rings. The molecule has 1 amide bonds. The topological polar surface area (TPSA) is 89.5 Å². The van der Waals surface area contributed by atoms with E-state index >= 15 is 4.39 Å². The van der Waals surface area contributed by atoms with E-state index in [0.29, 0.717) is 48.6 Å². The van der Waals surface area contributed by atoms with Gasteiger partial charge in [-0.05, 0) is 99.5 Å². The molecule has 288 valence electrons. The summed E-state index contributed by atoms with van der Waals surface area (Å²) in [7, 11) is 1.54. The van der Waals surface area contributed by atoms with Crippen molar-refractivity contribution in [1.82, 2.24) is 19.8 Å². The molecule has 2 unspecified atom stereocenters. The molecule has 4 fully saturated rings. The summed E-state index contributed by atoms with van der Waals surface area (Å²) in [5.74, 6) is 0.384. The Morgan fingerprint density at radius 2 is 1.85 bits per heavy atom. The predicted molar refractivity (Wildman–Crippen MR) is 205 cm³/mol. The zero-order valence-electron chi connectivity index (χ0n) is 31.6. The number of methoxy groups -OCH3 is 1. The number of amides is 1. The van der Waals surface area contributed by atoms with Crippen LogP contribution in [0.15, 0.2) is 36.4 Å². The van der Waals surface area contributed by atoms with Gasteiger partial charge in [0.2, 0.25) is 0 Å². The molecular weight excluding hydrogens is 716 g/mol. The number of carbonyl (C=O) groups excluding carboxylic acids is 1. The van der Waals surface area contributed by atoms with E-state index in [1.165, 1.54) is 0 Å². The number of hydrogen-bond donors (Lipinski definition) is 0. The average molecular weight is 764 g/mol. The first-order chi connectivity index (χ1) is 25.9. The van der Waals surface area contributed by atoms with E-state index in [2.05, 4.69) is 16.7 Å². The lowest BCUT2D eigenvalue weighted by Crippen LogP contribution is -2.57. The number of benzene rings is 3. The van der Waals surface area contributed by atoms with Crippen molar-refractivity contribution in [3.63, 3.8) is 0 Å². The van der Waals surface area contributed by atoms with Crippen LogP contribution in [-0.4, -0.2) is 102 Å². The number of ether oxygens (including phenoxy) is 4. The lowest BCUT2D eigenvalue weighted by Gasteiger charge is -2.42. The zero-order valence-corrected chi connectivity index (χ0v) is 32.3. The van der Waals surface area contributed by atoms with Gasteiger partial charge in [0.1, 0.15) is 35.5 Å². The second-order valence-electron chi connectivity index (χ2n) is 16.2. The summed E-state index contributed by atoms with van der Waals surface area (Å²) in [6.45, 7) is 10.0. The Morgan fingerprint density at radius 3 is 2.57 bits per heavy atom. The van der Waals surface area contributed by atoms with E-state index in [0.717, 1.165) is 55.0 Å². The minimum atomic E-state index is -0.924. The van der Waals surface area contributed by atoms with Crippen molar-refractivity contribution in [3.8, 4) is 22.9 Å². The predicted octanol–water partition coefficient (Wildman–Crippen LogP) is 8.33. The molecule has 3 aromatic carbocycles. The molecule has 0 radical (unpaired) electrons. The van der Waals surface area contributed by atoms with Crippen molar-refractivity contribution >= 4 is 45.2 Å². The van der Waals surface area contributed by atoms with Gasteiger partial charge in [-0.15, -0.1) is 0 Å². The first-order valence-electron chi connectivity index (χ1n) is 19.0. The third-order valence-corrected chi connectivity index (χ3v) is 11.8. The third-order valence-electron chi connectivity index (χ3n) is 11.5. The minimum absolute atomic E-state index is 0.0198. The molecule has 54 heavy (non-hydrogen) atoms. The van der Waals surface area contributed by atoms with Gasteiger partial charge < -0.3 is 23.8 Å². The number of aryl methyl sites for hydroxylation is 1. The molecule has 5 heterocycles. The van der Waals surface area contributed by atoms with E-state index in [-0.39, 0.29) is 53.7 Å². The second-order valence-corrected chi connectivity index (χ2v) is 16.6. The Bertz CT molecular complexity index is 2080. The lowest BCUT2D eigenvalue weighted by atomic mass is 9.92. The first kappa shape index (κ1) is 36.9. The van der Waals surface area contributed by atoms with E-state index < -0.39 is 23.1 Å². The van der Waals surface area contributed by atoms with E-state index in [1.807, 2.05) is 49.9 Å². The van der Waals surface area contributed by atoms with Gasteiger partial charge in [-0.3, -0.25) is 9.80 Å². The Kier molecular flexibility index (Phi) is 9.75. The molecule has 4 atom stereocenters. The van der Waals surface area contributed by atoms with Crippen molar-refractivity contribution in [2.24, 2.45) is 0 Å². The maximum absolute atomic E-state index is 17.5. The molecule has 2 bridgehead atoms. The summed E-state index contributed by atoms with van der Waals surface area (Å²) in [6.07, 6.45) is 3.23. The molecular formula is C41H48ClF2N5O5. The fourth-order valence-electron chi connectivity index (χ4n) is 9.23. The number of piperazine rings is 1. The van der Waals surface area contributed by atoms with Crippen LogP contribution in [0.3, 0.4) is 0 Å². The Hall–Kier alpha value is -4.00. The summed E-state index contributed by atoms with van der Waals surface area (Å²) >= 11 is 7.14. The van der Waals surface area contributed by atoms with Gasteiger partial charge >= 0.3 is 12.1 Å². The standard InChI is InChI=1S/C41H48ClF2N5O5/c1-6-24-9-7-10-25-15-29(53-23-51-5)16-30(33(24)25)34-32(42)17-31-36(35(34)44)45-38(52-22-41-13-8-14-48(41)19-26(43)18-41)46-37(31)47-20-27-11-12-28(21-47)49(27)39(50)54-40(2,3)4/h7,9-10,15-17,26-28H,6,8,11-14,18-23H2,1-5H3/t26-,27?,28?,41+/m1/s1. The number of hydrogen-bond acceptors (Lipinski definition) is 9. The van der Waals surface area contributed by atoms with Gasteiger partial charge in [-0.2, -0.15) is 9.97 Å². The number of anilines is 1. The molecule has 8 rings (SSSR count). The number of aromatic nitrogens is 2. The van der Waals surface area contributed by atoms with Gasteiger partial charge in [0.25, 0.3) is 0 Å². The van der Waals surface area contributed by atoms with Gasteiger partial charge in [-0.1, -0.05) is 36.7 Å². The second kappa shape index (κ2) is 14.3. The summed E-state index contributed by atoms with van der Waals surface area (Å²) in [5, 5.41) is 2.39. The van der Waals surface area contributed by atoms with Crippen LogP contribution in [0.1, 0.15) is 65.4 Å². The number of nitrogens with zero attached hydrogens (tertiary/aromatic N) is 5. The average Bonchev–Trinajstić information content (AvgIpc) is 3.75. The Morgan fingerprint density at radius 1 is 1.07 bits per heavy atom. The van der Waals surface area contributed by atoms with E-state index in [9.17, 15) is 9.18 Å². The van der Waals surface area contributed by atoms with Gasteiger partial charge in [0, 0.05) is 44.1 Å². The van der Waals surface area contributed by atoms with Crippen molar-refractivity contribution in [3.05, 3.63) is 52.8 Å². The third kappa shape index (κ3) is 6.68. The molecule has 0 spiro atoms. The van der Waals surface area contributed by atoms with Gasteiger partial charge in [-0.25, -0.2) is 13.6 Å². The van der Waals surface area contributed by atoms with E-state index in [4.69, 9.17) is 40.5 Å². The van der Waals surface area contributed by atoms with Crippen LogP contribution in [0.5, 0.6) is 11.8 Å². The number of rotatable bonds is 9. The van der Waals surface area contributed by atoms with Crippen LogP contribution in [0.25, 0.3) is 32.8 Å². The van der Waals surface area contributed by atoms with Gasteiger partial charge in [0.05, 0.1) is 22.6 Å². The monoisotopic (exact) mass is 763 g/mol. The SMILES string of the molecule is CCc1cccc2cc(OCOC)cc(-c3c(Cl)cc4c(N5CC6CCC(C5)N6C(=O)OC(C)(C)C)nc(OC[C@@]56CCCN5C[C@H](F)C6)nc4c3F)c12. The van der Waals surface area contributed by atoms with Crippen LogP contribution < -0.4 is 14.4 Å². The molecule has 4 aliphatic heterocycles. The zero-order chi connectivity index (χ0) is 37.9. The summed E-state index contributed by atoms with van der Waals surface area (Å²) in [5.41, 5.74) is 0.802. The summed E-state index contributed by atoms with van der Waals surface area (Å²) < 4.78 is 55.5. The number of alkyl halides is 1. The highest BCUT2D eigenvalue weighted by atomic mass is 35.5. The fraction of sp³-hybridized carbons (Fsp3) is 0.537. The smallest absolute Gasteiger partial charge is 0.410 e. The van der Waals surface area contributed by atoms with Crippen molar-refractivity contribution in [2.45, 2.75) is 95.6 Å². The van der Waals surface area contributed by atoms with E-state index in [1.54, 1.807) is 19.2 Å². The maximum Gasteiger partial charge on any atom is 0.410 e. The highest BCUT2D eigenvalue weighted by molar-refractivity contribution is 6.35. The highest BCUT2D eigenvalue weighted by Gasteiger charge is 2.50. The van der Waals surface area contributed by atoms with Crippen LogP contribution in [-0.2, 0) is 15.9 Å². The number of halogens is 3. The Labute approximate surface area is 319 Å². The van der Waals surface area contributed by atoms with Crippen molar-refractivity contribution in [2.75, 3.05) is 51.6 Å². The largest absolute Gasteiger partial charge is 0.468 e. The minimum Gasteiger partial charge on any atom is -0.468 e. The molecule has 10 nitrogen and oxygen atoms in total. The summed E-state index contributed by atoms with van der Waals surface area (Å²) in [6, 6.07) is 11.2. The van der Waals surface area contributed by atoms with Gasteiger partial charge in [0.15, 0.2) is 12.6 Å². The van der Waals surface area contributed by atoms with Crippen LogP contribution in [0.4, 0.5) is 19.4 Å². The molecule has 4 aliphatic rings. The quantitative estimate of drug-likeness (QED) is 0.156. The molecule has 0 saturated carbocycles. The lowest BCUT2D eigenvalue weighted by molar-refractivity contribution is 0.0122. The molecule has 13 heteroatoms. The Balaban J connectivity index is 1.25. The number of carbonyl (C=O) groups is 1. The van der Waals surface area contributed by atoms with Crippen LogP contribution >= 0.6 is 11.6 Å². The molecule has 1 aromatic heterocycles. The number of fused-ring (bicyclic) bond motifs is 5. The van der Waals surface area contributed by atoms with Crippen LogP contribution in [0.2, 0.25) is 5.02 Å². The fourth-order valence-corrected chi connectivity index (χ4v) is 9.52. The summed E-state index contributed by atoms with van der Waals surface area (Å²) in [4.78, 5) is 29.1. The molecule has 0 N–H and O–H groups in total. The normalized spacial score (nSPS) is 24.1. The van der Waals surface area contributed by atoms with Crippen molar-refractivity contribution < 1.29 is 32.5 Å².